The number of anilines is 1. The van der Waals surface area contributed by atoms with Crippen LogP contribution in [0.1, 0.15) is 42.1 Å². The van der Waals surface area contributed by atoms with Gasteiger partial charge in [0.2, 0.25) is 0 Å². The first kappa shape index (κ1) is 23.3. The molecule has 0 unspecified atom stereocenters. The van der Waals surface area contributed by atoms with E-state index in [1.54, 1.807) is 6.07 Å². The first-order valence-corrected chi connectivity index (χ1v) is 12.4. The third kappa shape index (κ3) is 5.54. The summed E-state index contributed by atoms with van der Waals surface area (Å²) in [7, 11) is 2.00. The molecule has 32 heavy (non-hydrogen) atoms. The van der Waals surface area contributed by atoms with Crippen LogP contribution in [0.15, 0.2) is 35.5 Å². The highest BCUT2D eigenvalue weighted by molar-refractivity contribution is 7.98. The van der Waals surface area contributed by atoms with Crippen LogP contribution in [-0.4, -0.2) is 66.5 Å². The summed E-state index contributed by atoms with van der Waals surface area (Å²) in [5.41, 5.74) is 1.74. The smallest absolute Gasteiger partial charge is 0.253 e. The molecule has 1 aromatic carbocycles. The Morgan fingerprint density at radius 3 is 2.69 bits per heavy atom. The van der Waals surface area contributed by atoms with E-state index in [-0.39, 0.29) is 5.91 Å². The number of aromatic nitrogens is 2. The number of carbonyl (C=O) groups excluding carboxylic acids is 1. The van der Waals surface area contributed by atoms with Gasteiger partial charge in [0.25, 0.3) is 5.91 Å². The van der Waals surface area contributed by atoms with E-state index in [9.17, 15) is 4.79 Å². The minimum atomic E-state index is -0.476. The summed E-state index contributed by atoms with van der Waals surface area (Å²) >= 11 is 7.73. The summed E-state index contributed by atoms with van der Waals surface area (Å²) in [6.07, 6.45) is 2.46. The Balaban J connectivity index is 1.38. The van der Waals surface area contributed by atoms with E-state index in [1.165, 1.54) is 11.8 Å². The number of halogens is 1. The number of nitrogens with zero attached hydrogens (tertiary/aromatic N) is 4. The van der Waals surface area contributed by atoms with Gasteiger partial charge in [-0.1, -0.05) is 42.4 Å². The van der Waals surface area contributed by atoms with Crippen LogP contribution in [0.2, 0.25) is 5.15 Å². The first-order chi connectivity index (χ1) is 15.5. The molecular formula is C23H29ClN4O3S. The molecule has 2 aromatic rings. The maximum Gasteiger partial charge on any atom is 0.253 e. The molecule has 0 aliphatic carbocycles. The minimum Gasteiger partial charge on any atom is -0.360 e. The average Bonchev–Trinajstić information content (AvgIpc) is 3.25. The largest absolute Gasteiger partial charge is 0.360 e. The molecule has 9 heteroatoms. The van der Waals surface area contributed by atoms with Crippen molar-refractivity contribution >= 4 is 35.1 Å². The van der Waals surface area contributed by atoms with Gasteiger partial charge < -0.3 is 19.3 Å². The van der Waals surface area contributed by atoms with Crippen molar-refractivity contribution in [3.05, 3.63) is 46.6 Å². The highest BCUT2D eigenvalue weighted by atomic mass is 35.5. The number of ether oxygens (including phenoxy) is 2. The van der Waals surface area contributed by atoms with Gasteiger partial charge in [-0.25, -0.2) is 9.97 Å². The molecule has 0 atom stereocenters. The number of piperidine rings is 1. The number of amides is 1. The number of thioether (sulfide) groups is 1. The lowest BCUT2D eigenvalue weighted by atomic mass is 10.0. The van der Waals surface area contributed by atoms with Crippen molar-refractivity contribution < 1.29 is 14.3 Å². The van der Waals surface area contributed by atoms with E-state index in [0.29, 0.717) is 47.9 Å². The molecule has 4 rings (SSSR count). The Hall–Kier alpha value is -1.87. The Morgan fingerprint density at radius 1 is 1.22 bits per heavy atom. The molecule has 7 nitrogen and oxygen atoms in total. The standard InChI is InChI=1S/C23H29ClN4O3S/c1-3-9-27(2)20-15-19(24)25-22(26-20)32-16-17-5-4-6-18(14-17)21(29)28-10-7-23(8-11-28)30-12-13-31-23/h4-6,14-15H,3,7-13,16H2,1-2H3. The van der Waals surface area contributed by atoms with Gasteiger partial charge in [-0.05, 0) is 24.1 Å². The van der Waals surface area contributed by atoms with Crippen LogP contribution in [-0.2, 0) is 15.2 Å². The van der Waals surface area contributed by atoms with Gasteiger partial charge in [-0.3, -0.25) is 4.79 Å². The lowest BCUT2D eigenvalue weighted by Gasteiger charge is -2.37. The van der Waals surface area contributed by atoms with Gasteiger partial charge in [0.15, 0.2) is 10.9 Å². The van der Waals surface area contributed by atoms with Gasteiger partial charge in [-0.15, -0.1) is 0 Å². The summed E-state index contributed by atoms with van der Waals surface area (Å²) in [5.74, 6) is 1.04. The quantitative estimate of drug-likeness (QED) is 0.336. The number of hydrogen-bond acceptors (Lipinski definition) is 7. The minimum absolute atomic E-state index is 0.0483. The maximum absolute atomic E-state index is 13.0. The summed E-state index contributed by atoms with van der Waals surface area (Å²) in [6.45, 7) is 5.59. The Morgan fingerprint density at radius 2 is 1.97 bits per heavy atom. The molecule has 2 saturated heterocycles. The fourth-order valence-corrected chi connectivity index (χ4v) is 5.08. The van der Waals surface area contributed by atoms with Crippen LogP contribution in [0.5, 0.6) is 0 Å². The zero-order valence-electron chi connectivity index (χ0n) is 18.6. The second-order valence-electron chi connectivity index (χ2n) is 8.14. The molecule has 3 heterocycles. The predicted molar refractivity (Wildman–Crippen MR) is 126 cm³/mol. The normalized spacial score (nSPS) is 17.7. The SMILES string of the molecule is CCCN(C)c1cc(Cl)nc(SCc2cccc(C(=O)N3CCC4(CC3)OCCO4)c2)n1. The van der Waals surface area contributed by atoms with Crippen molar-refractivity contribution in [2.75, 3.05) is 44.8 Å². The Bertz CT molecular complexity index is 945. The van der Waals surface area contributed by atoms with Crippen molar-refractivity contribution in [1.29, 1.82) is 0 Å². The zero-order valence-corrected chi connectivity index (χ0v) is 20.1. The zero-order chi connectivity index (χ0) is 22.6. The van der Waals surface area contributed by atoms with Crippen molar-refractivity contribution in [3.63, 3.8) is 0 Å². The molecule has 172 valence electrons. The molecule has 0 N–H and O–H groups in total. The second kappa shape index (κ2) is 10.4. The first-order valence-electron chi connectivity index (χ1n) is 11.0. The molecule has 0 bridgehead atoms. The van der Waals surface area contributed by atoms with Gasteiger partial charge in [0, 0.05) is 56.9 Å². The third-order valence-electron chi connectivity index (χ3n) is 5.78. The molecule has 2 aliphatic heterocycles. The van der Waals surface area contributed by atoms with Crippen LogP contribution in [0.4, 0.5) is 5.82 Å². The fourth-order valence-electron chi connectivity index (χ4n) is 4.06. The second-order valence-corrected chi connectivity index (χ2v) is 9.47. The van der Waals surface area contributed by atoms with E-state index >= 15 is 0 Å². The molecule has 2 aliphatic rings. The molecule has 0 saturated carbocycles. The third-order valence-corrected chi connectivity index (χ3v) is 6.89. The predicted octanol–water partition coefficient (Wildman–Crippen LogP) is 4.25. The maximum atomic E-state index is 13.0. The van der Waals surface area contributed by atoms with Gasteiger partial charge >= 0.3 is 0 Å². The fraction of sp³-hybridized carbons (Fsp3) is 0.522. The van der Waals surface area contributed by atoms with Gasteiger partial charge in [0.05, 0.1) is 13.2 Å². The monoisotopic (exact) mass is 476 g/mol. The van der Waals surface area contributed by atoms with Crippen molar-refractivity contribution in [3.8, 4) is 0 Å². The van der Waals surface area contributed by atoms with E-state index in [1.807, 2.05) is 36.2 Å². The Kier molecular flexibility index (Phi) is 7.55. The van der Waals surface area contributed by atoms with Crippen LogP contribution in [0.25, 0.3) is 0 Å². The van der Waals surface area contributed by atoms with E-state index in [0.717, 1.165) is 37.2 Å². The molecule has 2 fully saturated rings. The number of rotatable bonds is 7. The van der Waals surface area contributed by atoms with Crippen LogP contribution >= 0.6 is 23.4 Å². The Labute approximate surface area is 198 Å². The van der Waals surface area contributed by atoms with Crippen molar-refractivity contribution in [2.24, 2.45) is 0 Å². The average molecular weight is 477 g/mol. The molecule has 1 amide bonds. The van der Waals surface area contributed by atoms with Gasteiger partial charge in [-0.2, -0.15) is 0 Å². The number of carbonyl (C=O) groups is 1. The van der Waals surface area contributed by atoms with Crippen LogP contribution in [0.3, 0.4) is 0 Å². The van der Waals surface area contributed by atoms with Crippen LogP contribution < -0.4 is 4.90 Å². The molecule has 1 aromatic heterocycles. The lowest BCUT2D eigenvalue weighted by Crippen LogP contribution is -2.47. The van der Waals surface area contributed by atoms with E-state index < -0.39 is 5.79 Å². The summed E-state index contributed by atoms with van der Waals surface area (Å²) in [6, 6.07) is 9.56. The van der Waals surface area contributed by atoms with E-state index in [2.05, 4.69) is 21.8 Å². The highest BCUT2D eigenvalue weighted by Gasteiger charge is 2.40. The molecular weight excluding hydrogens is 448 g/mol. The van der Waals surface area contributed by atoms with E-state index in [4.69, 9.17) is 21.1 Å². The molecule has 0 radical (unpaired) electrons. The van der Waals surface area contributed by atoms with Crippen LogP contribution in [0, 0.1) is 0 Å². The highest BCUT2D eigenvalue weighted by Crippen LogP contribution is 2.32. The summed E-state index contributed by atoms with van der Waals surface area (Å²) in [4.78, 5) is 26.0. The van der Waals surface area contributed by atoms with Gasteiger partial charge in [0.1, 0.15) is 11.0 Å². The number of hydrogen-bond donors (Lipinski definition) is 0. The number of benzene rings is 1. The number of likely N-dealkylation sites (tertiary alicyclic amines) is 1. The molecule has 1 spiro atoms. The topological polar surface area (TPSA) is 67.8 Å². The lowest BCUT2D eigenvalue weighted by molar-refractivity contribution is -0.181. The van der Waals surface area contributed by atoms with Crippen molar-refractivity contribution in [2.45, 2.75) is 42.9 Å². The van der Waals surface area contributed by atoms with Crippen molar-refractivity contribution in [1.82, 2.24) is 14.9 Å². The summed E-state index contributed by atoms with van der Waals surface area (Å²) < 4.78 is 11.5. The summed E-state index contributed by atoms with van der Waals surface area (Å²) in [5, 5.41) is 1.06.